The van der Waals surface area contributed by atoms with Crippen LogP contribution in [-0.4, -0.2) is 79.1 Å². The monoisotopic (exact) mass is 430 g/mol. The Hall–Kier alpha value is -2.29. The fraction of sp³-hybridized carbons (Fsp3) is 0.609. The van der Waals surface area contributed by atoms with E-state index in [1.165, 1.54) is 0 Å². The molecule has 2 saturated heterocycles. The third kappa shape index (κ3) is 4.81. The average molecular weight is 431 g/mol. The summed E-state index contributed by atoms with van der Waals surface area (Å²) in [7, 11) is 7.06. The molecule has 0 bridgehead atoms. The van der Waals surface area contributed by atoms with Gasteiger partial charge in [0.05, 0.1) is 40.1 Å². The van der Waals surface area contributed by atoms with Crippen LogP contribution in [0.3, 0.4) is 0 Å². The fourth-order valence-corrected chi connectivity index (χ4v) is 4.69. The third-order valence-electron chi connectivity index (χ3n) is 6.56. The number of nitrogens with zero attached hydrogens (tertiary/aromatic N) is 4. The molecule has 1 aromatic carbocycles. The first kappa shape index (κ1) is 21.9. The molecule has 8 nitrogen and oxygen atoms in total. The molecule has 8 heteroatoms. The molecule has 0 unspecified atom stereocenters. The minimum atomic E-state index is -0.0693. The molecule has 1 spiro atoms. The Morgan fingerprint density at radius 2 is 1.65 bits per heavy atom. The normalized spacial score (nSPS) is 19.5. The summed E-state index contributed by atoms with van der Waals surface area (Å²) in [5, 5.41) is 0. The molecule has 2 aliphatic rings. The number of rotatable bonds is 7. The van der Waals surface area contributed by atoms with Crippen LogP contribution in [0.4, 0.5) is 0 Å². The van der Waals surface area contributed by atoms with E-state index >= 15 is 0 Å². The molecule has 2 aliphatic heterocycles. The number of likely N-dealkylation sites (tertiary alicyclic amines) is 1. The van der Waals surface area contributed by atoms with Gasteiger partial charge in [0.15, 0.2) is 11.5 Å². The van der Waals surface area contributed by atoms with Crippen LogP contribution in [0.2, 0.25) is 0 Å². The lowest BCUT2D eigenvalue weighted by Crippen LogP contribution is -2.56. The lowest BCUT2D eigenvalue weighted by atomic mass is 9.89. The van der Waals surface area contributed by atoms with Gasteiger partial charge in [0.1, 0.15) is 11.6 Å². The van der Waals surface area contributed by atoms with Gasteiger partial charge in [-0.05, 0) is 18.9 Å². The van der Waals surface area contributed by atoms with Gasteiger partial charge in [-0.3, -0.25) is 9.80 Å². The van der Waals surface area contributed by atoms with Crippen molar-refractivity contribution < 1.29 is 18.9 Å². The molecule has 170 valence electrons. The second kappa shape index (κ2) is 9.46. The van der Waals surface area contributed by atoms with Gasteiger partial charge < -0.3 is 23.5 Å². The highest BCUT2D eigenvalue weighted by Crippen LogP contribution is 2.37. The molecule has 0 N–H and O–H groups in total. The Morgan fingerprint density at radius 1 is 0.935 bits per heavy atom. The average Bonchev–Trinajstić information content (AvgIpc) is 3.19. The van der Waals surface area contributed by atoms with Gasteiger partial charge in [-0.2, -0.15) is 0 Å². The molecule has 1 aromatic heterocycles. The van der Waals surface area contributed by atoms with Crippen molar-refractivity contribution in [3.05, 3.63) is 35.9 Å². The number of hydrogen-bond acceptors (Lipinski definition) is 7. The molecular weight excluding hydrogens is 396 g/mol. The second-order valence-electron chi connectivity index (χ2n) is 8.49. The van der Waals surface area contributed by atoms with Gasteiger partial charge in [0.2, 0.25) is 0 Å². The van der Waals surface area contributed by atoms with E-state index in [1.807, 2.05) is 24.5 Å². The predicted octanol–water partition coefficient (Wildman–Crippen LogP) is 2.31. The lowest BCUT2D eigenvalue weighted by Gasteiger charge is -2.47. The first-order valence-corrected chi connectivity index (χ1v) is 10.9. The molecule has 0 atom stereocenters. The zero-order chi connectivity index (χ0) is 21.8. The van der Waals surface area contributed by atoms with Crippen molar-refractivity contribution in [1.29, 1.82) is 0 Å². The van der Waals surface area contributed by atoms with E-state index in [0.29, 0.717) is 5.75 Å². The van der Waals surface area contributed by atoms with E-state index < -0.39 is 0 Å². The van der Waals surface area contributed by atoms with E-state index in [0.717, 1.165) is 81.6 Å². The van der Waals surface area contributed by atoms with E-state index in [9.17, 15) is 0 Å². The minimum absolute atomic E-state index is 0.0693. The third-order valence-corrected chi connectivity index (χ3v) is 6.56. The van der Waals surface area contributed by atoms with E-state index in [-0.39, 0.29) is 5.60 Å². The number of imidazole rings is 1. The standard InChI is InChI=1S/C23H34N4O4/c1-25-10-7-24-22(25)16-26-8-5-23(6-9-26)17-27(11-12-31-23)15-18-13-20(29-3)21(30-4)14-19(18)28-2/h7,10,13-14H,5-6,8-9,11-12,15-17H2,1-4H3. The molecule has 0 radical (unpaired) electrons. The van der Waals surface area contributed by atoms with Gasteiger partial charge >= 0.3 is 0 Å². The number of hydrogen-bond donors (Lipinski definition) is 0. The maximum absolute atomic E-state index is 6.35. The number of piperidine rings is 1. The number of morpholine rings is 1. The molecule has 3 heterocycles. The minimum Gasteiger partial charge on any atom is -0.496 e. The quantitative estimate of drug-likeness (QED) is 0.668. The van der Waals surface area contributed by atoms with Crippen LogP contribution in [0.1, 0.15) is 24.2 Å². The number of aromatic nitrogens is 2. The topological polar surface area (TPSA) is 61.2 Å². The Balaban J connectivity index is 1.40. The number of aryl methyl sites for hydroxylation is 1. The van der Waals surface area contributed by atoms with E-state index in [4.69, 9.17) is 18.9 Å². The lowest BCUT2D eigenvalue weighted by molar-refractivity contribution is -0.138. The van der Waals surface area contributed by atoms with Gasteiger partial charge in [-0.1, -0.05) is 0 Å². The second-order valence-corrected chi connectivity index (χ2v) is 8.49. The zero-order valence-electron chi connectivity index (χ0n) is 19.1. The van der Waals surface area contributed by atoms with Gasteiger partial charge in [-0.15, -0.1) is 0 Å². The largest absolute Gasteiger partial charge is 0.496 e. The highest BCUT2D eigenvalue weighted by atomic mass is 16.5. The Morgan fingerprint density at radius 3 is 2.29 bits per heavy atom. The predicted molar refractivity (Wildman–Crippen MR) is 118 cm³/mol. The van der Waals surface area contributed by atoms with Crippen LogP contribution in [0.5, 0.6) is 17.2 Å². The summed E-state index contributed by atoms with van der Waals surface area (Å²) in [6, 6.07) is 3.93. The van der Waals surface area contributed by atoms with Crippen LogP contribution in [0.25, 0.3) is 0 Å². The highest BCUT2D eigenvalue weighted by Gasteiger charge is 2.40. The van der Waals surface area contributed by atoms with Crippen molar-refractivity contribution in [3.8, 4) is 17.2 Å². The zero-order valence-corrected chi connectivity index (χ0v) is 19.1. The summed E-state index contributed by atoms with van der Waals surface area (Å²) in [5.74, 6) is 3.34. The van der Waals surface area contributed by atoms with Crippen LogP contribution < -0.4 is 14.2 Å². The van der Waals surface area contributed by atoms with E-state index in [1.54, 1.807) is 21.3 Å². The first-order chi connectivity index (χ1) is 15.1. The van der Waals surface area contributed by atoms with E-state index in [2.05, 4.69) is 26.4 Å². The van der Waals surface area contributed by atoms with Gasteiger partial charge in [0, 0.05) is 63.8 Å². The fourth-order valence-electron chi connectivity index (χ4n) is 4.69. The van der Waals surface area contributed by atoms with Crippen molar-refractivity contribution in [2.45, 2.75) is 31.5 Å². The van der Waals surface area contributed by atoms with Crippen molar-refractivity contribution >= 4 is 0 Å². The molecule has 0 saturated carbocycles. The number of benzene rings is 1. The highest BCUT2D eigenvalue weighted by molar-refractivity contribution is 5.50. The molecule has 0 amide bonds. The van der Waals surface area contributed by atoms with Crippen LogP contribution in [-0.2, 0) is 24.9 Å². The summed E-state index contributed by atoms with van der Waals surface area (Å²) in [6.45, 7) is 6.35. The Bertz CT molecular complexity index is 876. The molecule has 31 heavy (non-hydrogen) atoms. The Kier molecular flexibility index (Phi) is 6.69. The number of ether oxygens (including phenoxy) is 4. The van der Waals surface area contributed by atoms with Crippen molar-refractivity contribution in [3.63, 3.8) is 0 Å². The van der Waals surface area contributed by atoms with Crippen molar-refractivity contribution in [1.82, 2.24) is 19.4 Å². The summed E-state index contributed by atoms with van der Waals surface area (Å²) < 4.78 is 25.0. The first-order valence-electron chi connectivity index (χ1n) is 10.9. The van der Waals surface area contributed by atoms with Crippen LogP contribution >= 0.6 is 0 Å². The summed E-state index contributed by atoms with van der Waals surface area (Å²) in [4.78, 5) is 9.42. The molecule has 2 fully saturated rings. The SMILES string of the molecule is COc1cc(OC)c(OC)cc1CN1CCOC2(CCN(Cc3nccn3C)CC2)C1. The van der Waals surface area contributed by atoms with Crippen molar-refractivity contribution in [2.75, 3.05) is 54.1 Å². The Labute approximate surface area is 184 Å². The molecule has 2 aromatic rings. The van der Waals surface area contributed by atoms with Crippen LogP contribution in [0, 0.1) is 0 Å². The smallest absolute Gasteiger partial charge is 0.164 e. The summed E-state index contributed by atoms with van der Waals surface area (Å²) >= 11 is 0. The summed E-state index contributed by atoms with van der Waals surface area (Å²) in [5.41, 5.74) is 1.03. The molecule has 4 rings (SSSR count). The maximum Gasteiger partial charge on any atom is 0.164 e. The number of methoxy groups -OCH3 is 3. The maximum atomic E-state index is 6.35. The van der Waals surface area contributed by atoms with Crippen molar-refractivity contribution in [2.24, 2.45) is 7.05 Å². The summed E-state index contributed by atoms with van der Waals surface area (Å²) in [6.07, 6.45) is 5.95. The van der Waals surface area contributed by atoms with Crippen LogP contribution in [0.15, 0.2) is 24.5 Å². The van der Waals surface area contributed by atoms with Gasteiger partial charge in [0.25, 0.3) is 0 Å². The molecular formula is C23H34N4O4. The van der Waals surface area contributed by atoms with Gasteiger partial charge in [-0.25, -0.2) is 4.98 Å². The molecule has 0 aliphatic carbocycles.